The molecule has 1 amide bonds. The van der Waals surface area contributed by atoms with Crippen LogP contribution in [0.15, 0.2) is 48.5 Å². The molecule has 0 spiro atoms. The van der Waals surface area contributed by atoms with E-state index in [1.807, 2.05) is 35.8 Å². The lowest BCUT2D eigenvalue weighted by atomic mass is 10.1. The molecule has 3 aromatic rings. The maximum absolute atomic E-state index is 13.6. The van der Waals surface area contributed by atoms with Crippen LogP contribution < -0.4 is 5.32 Å². The van der Waals surface area contributed by atoms with E-state index in [0.717, 1.165) is 11.0 Å². The number of para-hydroxylation sites is 2. The molecule has 5 heteroatoms. The fourth-order valence-electron chi connectivity index (χ4n) is 2.63. The first kappa shape index (κ1) is 15.2. The molecule has 3 rings (SSSR count). The highest BCUT2D eigenvalue weighted by molar-refractivity contribution is 5.91. The van der Waals surface area contributed by atoms with Crippen molar-refractivity contribution < 1.29 is 9.18 Å². The highest BCUT2D eigenvalue weighted by Crippen LogP contribution is 2.19. The zero-order valence-electron chi connectivity index (χ0n) is 12.9. The second-order valence-corrected chi connectivity index (χ2v) is 5.31. The van der Waals surface area contributed by atoms with Gasteiger partial charge in [0.05, 0.1) is 11.0 Å². The summed E-state index contributed by atoms with van der Waals surface area (Å²) >= 11 is 0. The summed E-state index contributed by atoms with van der Waals surface area (Å²) in [6.45, 7) is 2.71. The number of aromatic nitrogens is 2. The molecule has 23 heavy (non-hydrogen) atoms. The number of halogens is 1. The van der Waals surface area contributed by atoms with Crippen LogP contribution in [0.1, 0.15) is 18.9 Å². The van der Waals surface area contributed by atoms with E-state index in [4.69, 9.17) is 0 Å². The summed E-state index contributed by atoms with van der Waals surface area (Å²) in [5, 5.41) is 2.83. The molecule has 0 fully saturated rings. The van der Waals surface area contributed by atoms with Crippen molar-refractivity contribution in [2.75, 3.05) is 5.32 Å². The number of amides is 1. The summed E-state index contributed by atoms with van der Waals surface area (Å²) in [7, 11) is 0. The van der Waals surface area contributed by atoms with Gasteiger partial charge in [-0.3, -0.25) is 10.1 Å². The van der Waals surface area contributed by atoms with Crippen molar-refractivity contribution in [3.05, 3.63) is 59.9 Å². The Hall–Kier alpha value is -2.69. The van der Waals surface area contributed by atoms with Gasteiger partial charge in [0.1, 0.15) is 5.82 Å². The van der Waals surface area contributed by atoms with Gasteiger partial charge in [0, 0.05) is 13.0 Å². The summed E-state index contributed by atoms with van der Waals surface area (Å²) in [4.78, 5) is 16.6. The van der Waals surface area contributed by atoms with Crippen LogP contribution in [0.5, 0.6) is 0 Å². The van der Waals surface area contributed by atoms with Crippen LogP contribution >= 0.6 is 0 Å². The summed E-state index contributed by atoms with van der Waals surface area (Å²) in [6.07, 6.45) is 0.582. The summed E-state index contributed by atoms with van der Waals surface area (Å²) in [6, 6.07) is 14.3. The van der Waals surface area contributed by atoms with E-state index in [1.54, 1.807) is 18.2 Å². The largest absolute Gasteiger partial charge is 0.310 e. The van der Waals surface area contributed by atoms with Gasteiger partial charge < -0.3 is 4.57 Å². The van der Waals surface area contributed by atoms with Gasteiger partial charge in [-0.15, -0.1) is 0 Å². The molecule has 1 aromatic heterocycles. The molecule has 0 atom stereocenters. The Balaban J connectivity index is 1.72. The lowest BCUT2D eigenvalue weighted by molar-refractivity contribution is -0.116. The van der Waals surface area contributed by atoms with Gasteiger partial charge in [-0.05, 0) is 37.1 Å². The number of anilines is 1. The number of nitrogens with one attached hydrogen (secondary N) is 1. The Morgan fingerprint density at radius 2 is 1.91 bits per heavy atom. The van der Waals surface area contributed by atoms with Crippen LogP contribution in [0.3, 0.4) is 0 Å². The van der Waals surface area contributed by atoms with Gasteiger partial charge in [0.25, 0.3) is 0 Å². The molecule has 0 saturated carbocycles. The number of rotatable bonds is 5. The van der Waals surface area contributed by atoms with E-state index in [1.165, 1.54) is 6.07 Å². The van der Waals surface area contributed by atoms with Crippen molar-refractivity contribution in [1.82, 2.24) is 9.55 Å². The van der Waals surface area contributed by atoms with Crippen LogP contribution in [0.4, 0.5) is 10.3 Å². The van der Waals surface area contributed by atoms with E-state index in [2.05, 4.69) is 10.3 Å². The molecular formula is C18H18FN3O. The zero-order valence-corrected chi connectivity index (χ0v) is 12.9. The minimum absolute atomic E-state index is 0.168. The number of imidazole rings is 1. The van der Waals surface area contributed by atoms with Crippen LogP contribution in [0.2, 0.25) is 0 Å². The molecule has 118 valence electrons. The number of benzene rings is 2. The molecule has 2 aromatic carbocycles. The highest BCUT2D eigenvalue weighted by atomic mass is 19.1. The fourth-order valence-corrected chi connectivity index (χ4v) is 2.63. The average Bonchev–Trinajstić information content (AvgIpc) is 2.91. The van der Waals surface area contributed by atoms with Gasteiger partial charge in [-0.25, -0.2) is 9.37 Å². The third-order valence-corrected chi connectivity index (χ3v) is 3.80. The molecule has 0 aliphatic heterocycles. The van der Waals surface area contributed by atoms with Crippen molar-refractivity contribution in [2.45, 2.75) is 26.3 Å². The lowest BCUT2D eigenvalue weighted by Crippen LogP contribution is -2.16. The second kappa shape index (κ2) is 6.60. The number of fused-ring (bicyclic) bond motifs is 1. The Morgan fingerprint density at radius 3 is 2.70 bits per heavy atom. The van der Waals surface area contributed by atoms with Crippen molar-refractivity contribution in [3.63, 3.8) is 0 Å². The topological polar surface area (TPSA) is 46.9 Å². The SMILES string of the molecule is CCn1c(NC(=O)CCc2ccccc2F)nc2ccccc21. The van der Waals surface area contributed by atoms with Crippen LogP contribution in [0, 0.1) is 5.82 Å². The van der Waals surface area contributed by atoms with Gasteiger partial charge >= 0.3 is 0 Å². The maximum Gasteiger partial charge on any atom is 0.227 e. The number of hydrogen-bond acceptors (Lipinski definition) is 2. The van der Waals surface area contributed by atoms with Gasteiger partial charge in [0.2, 0.25) is 11.9 Å². The van der Waals surface area contributed by atoms with E-state index in [-0.39, 0.29) is 18.1 Å². The molecule has 0 aliphatic carbocycles. The number of nitrogens with zero attached hydrogens (tertiary/aromatic N) is 2. The Bertz CT molecular complexity index is 841. The minimum atomic E-state index is -0.277. The molecule has 0 saturated heterocycles. The molecule has 1 heterocycles. The van der Waals surface area contributed by atoms with Crippen LogP contribution in [-0.4, -0.2) is 15.5 Å². The maximum atomic E-state index is 13.6. The number of carbonyl (C=O) groups excluding carboxylic acids is 1. The number of aryl methyl sites for hydroxylation is 2. The smallest absolute Gasteiger partial charge is 0.227 e. The molecule has 4 nitrogen and oxygen atoms in total. The summed E-state index contributed by atoms with van der Waals surface area (Å²) in [5.74, 6) is 0.0894. The van der Waals surface area contributed by atoms with E-state index < -0.39 is 0 Å². The third kappa shape index (κ3) is 3.23. The zero-order chi connectivity index (χ0) is 16.2. The van der Waals surface area contributed by atoms with Crippen molar-refractivity contribution in [2.24, 2.45) is 0 Å². The third-order valence-electron chi connectivity index (χ3n) is 3.80. The molecule has 0 radical (unpaired) electrons. The monoisotopic (exact) mass is 311 g/mol. The molecule has 0 bridgehead atoms. The van der Waals surface area contributed by atoms with E-state index in [0.29, 0.717) is 24.5 Å². The van der Waals surface area contributed by atoms with Gasteiger partial charge in [0.15, 0.2) is 0 Å². The van der Waals surface area contributed by atoms with Gasteiger partial charge in [-0.2, -0.15) is 0 Å². The Kier molecular flexibility index (Phi) is 4.37. The van der Waals surface area contributed by atoms with E-state index >= 15 is 0 Å². The fraction of sp³-hybridized carbons (Fsp3) is 0.222. The first-order valence-corrected chi connectivity index (χ1v) is 7.67. The minimum Gasteiger partial charge on any atom is -0.310 e. The number of hydrogen-bond donors (Lipinski definition) is 1. The van der Waals surface area contributed by atoms with Crippen molar-refractivity contribution >= 4 is 22.9 Å². The number of carbonyl (C=O) groups is 1. The van der Waals surface area contributed by atoms with Gasteiger partial charge in [-0.1, -0.05) is 30.3 Å². The highest BCUT2D eigenvalue weighted by Gasteiger charge is 2.12. The Morgan fingerprint density at radius 1 is 1.17 bits per heavy atom. The van der Waals surface area contributed by atoms with Crippen molar-refractivity contribution in [3.8, 4) is 0 Å². The second-order valence-electron chi connectivity index (χ2n) is 5.31. The molecule has 0 aliphatic rings. The summed E-state index contributed by atoms with van der Waals surface area (Å²) < 4.78 is 15.5. The normalized spacial score (nSPS) is 10.9. The van der Waals surface area contributed by atoms with Crippen LogP contribution in [-0.2, 0) is 17.8 Å². The standard InChI is InChI=1S/C18H18FN3O/c1-2-22-16-10-6-5-9-15(16)20-18(22)21-17(23)12-11-13-7-3-4-8-14(13)19/h3-10H,2,11-12H2,1H3,(H,20,21,23). The first-order valence-electron chi connectivity index (χ1n) is 7.67. The lowest BCUT2D eigenvalue weighted by Gasteiger charge is -2.08. The van der Waals surface area contributed by atoms with Crippen molar-refractivity contribution in [1.29, 1.82) is 0 Å². The molecular weight excluding hydrogens is 293 g/mol. The van der Waals surface area contributed by atoms with E-state index in [9.17, 15) is 9.18 Å². The summed E-state index contributed by atoms with van der Waals surface area (Å²) in [5.41, 5.74) is 2.38. The predicted octanol–water partition coefficient (Wildman–Crippen LogP) is 3.77. The van der Waals surface area contributed by atoms with Crippen LogP contribution in [0.25, 0.3) is 11.0 Å². The Labute approximate surface area is 134 Å². The molecule has 0 unspecified atom stereocenters. The quantitative estimate of drug-likeness (QED) is 0.779. The first-order chi connectivity index (χ1) is 11.2. The predicted molar refractivity (Wildman–Crippen MR) is 88.8 cm³/mol. The average molecular weight is 311 g/mol. The molecule has 1 N–H and O–H groups in total.